The second kappa shape index (κ2) is 10.0. The number of hydrogen-bond acceptors (Lipinski definition) is 6. The van der Waals surface area contributed by atoms with Gasteiger partial charge in [-0.2, -0.15) is 0 Å². The number of rotatable bonds is 8. The second-order valence-electron chi connectivity index (χ2n) is 9.71. The Morgan fingerprint density at radius 3 is 2.44 bits per heavy atom. The van der Waals surface area contributed by atoms with Gasteiger partial charge in [0.05, 0.1) is 19.1 Å². The summed E-state index contributed by atoms with van der Waals surface area (Å²) in [6, 6.07) is 11.2. The van der Waals surface area contributed by atoms with Gasteiger partial charge in [-0.25, -0.2) is 8.42 Å². The molecule has 0 saturated heterocycles. The molecule has 0 bridgehead atoms. The number of nitrogens with zero attached hydrogens (tertiary/aromatic N) is 1. The SMILES string of the molecule is COc1ccc(S(=O)(=O)CN(Cc2ccc3c(c2)C=CC(C)(C)O3)C2CCCCC2)cc1OC. The minimum Gasteiger partial charge on any atom is -0.493 e. The first-order valence-corrected chi connectivity index (χ1v) is 13.6. The lowest BCUT2D eigenvalue weighted by molar-refractivity contribution is 0.158. The molecular formula is C27H35NO5S. The molecule has 2 aromatic carbocycles. The van der Waals surface area contributed by atoms with Crippen molar-refractivity contribution in [3.63, 3.8) is 0 Å². The first-order chi connectivity index (χ1) is 16.2. The van der Waals surface area contributed by atoms with E-state index in [1.807, 2.05) is 26.0 Å². The Bertz CT molecular complexity index is 1150. The molecule has 0 N–H and O–H groups in total. The zero-order valence-electron chi connectivity index (χ0n) is 20.5. The molecule has 34 heavy (non-hydrogen) atoms. The molecule has 1 saturated carbocycles. The summed E-state index contributed by atoms with van der Waals surface area (Å²) in [4.78, 5) is 2.37. The Labute approximate surface area is 203 Å². The normalized spacial score (nSPS) is 17.8. The topological polar surface area (TPSA) is 65.1 Å². The lowest BCUT2D eigenvalue weighted by atomic mass is 9.94. The van der Waals surface area contributed by atoms with Crippen molar-refractivity contribution < 1.29 is 22.6 Å². The molecule has 1 aliphatic carbocycles. The molecule has 0 unspecified atom stereocenters. The standard InChI is InChI=1S/C27H35NO5S/c1-27(2)15-14-21-16-20(10-12-24(21)33-27)18-28(22-8-6-5-7-9-22)19-34(29,30)23-11-13-25(31-3)26(17-23)32-4/h10-17,22H,5-9,18-19H2,1-4H3. The van der Waals surface area contributed by atoms with E-state index in [1.54, 1.807) is 18.2 Å². The Morgan fingerprint density at radius 1 is 1.00 bits per heavy atom. The van der Waals surface area contributed by atoms with E-state index in [1.165, 1.54) is 20.6 Å². The van der Waals surface area contributed by atoms with Crippen molar-refractivity contribution in [2.75, 3.05) is 20.1 Å². The van der Waals surface area contributed by atoms with E-state index in [2.05, 4.69) is 23.1 Å². The molecule has 2 aliphatic rings. The van der Waals surface area contributed by atoms with Gasteiger partial charge < -0.3 is 14.2 Å². The van der Waals surface area contributed by atoms with Crippen molar-refractivity contribution in [1.82, 2.24) is 4.90 Å². The predicted molar refractivity (Wildman–Crippen MR) is 134 cm³/mol. The van der Waals surface area contributed by atoms with Crippen LogP contribution in [-0.4, -0.2) is 45.1 Å². The highest BCUT2D eigenvalue weighted by Crippen LogP contribution is 2.34. The van der Waals surface area contributed by atoms with Crippen LogP contribution < -0.4 is 14.2 Å². The van der Waals surface area contributed by atoms with Crippen molar-refractivity contribution in [1.29, 1.82) is 0 Å². The molecule has 7 heteroatoms. The van der Waals surface area contributed by atoms with Crippen molar-refractivity contribution in [3.05, 3.63) is 53.6 Å². The van der Waals surface area contributed by atoms with Crippen LogP contribution in [-0.2, 0) is 16.4 Å². The molecule has 0 radical (unpaired) electrons. The fourth-order valence-electron chi connectivity index (χ4n) is 4.79. The van der Waals surface area contributed by atoms with Crippen molar-refractivity contribution in [3.8, 4) is 17.2 Å². The Morgan fingerprint density at radius 2 is 1.74 bits per heavy atom. The van der Waals surface area contributed by atoms with E-state index in [0.717, 1.165) is 42.6 Å². The smallest absolute Gasteiger partial charge is 0.191 e. The summed E-state index contributed by atoms with van der Waals surface area (Å²) in [6.07, 6.45) is 9.66. The summed E-state index contributed by atoms with van der Waals surface area (Å²) in [5.74, 6) is 1.75. The molecule has 0 aromatic heterocycles. The van der Waals surface area contributed by atoms with Gasteiger partial charge in [-0.3, -0.25) is 4.90 Å². The highest BCUT2D eigenvalue weighted by atomic mass is 32.2. The third-order valence-electron chi connectivity index (χ3n) is 6.64. The summed E-state index contributed by atoms with van der Waals surface area (Å²) in [5, 5.41) is 0. The summed E-state index contributed by atoms with van der Waals surface area (Å²) in [7, 11) is -0.517. The van der Waals surface area contributed by atoms with E-state index in [9.17, 15) is 8.42 Å². The monoisotopic (exact) mass is 485 g/mol. The van der Waals surface area contributed by atoms with Crippen LogP contribution in [0.5, 0.6) is 17.2 Å². The molecule has 2 aromatic rings. The number of benzene rings is 2. The Hall–Kier alpha value is -2.51. The van der Waals surface area contributed by atoms with Gasteiger partial charge >= 0.3 is 0 Å². The highest BCUT2D eigenvalue weighted by molar-refractivity contribution is 7.91. The highest BCUT2D eigenvalue weighted by Gasteiger charge is 2.28. The Balaban J connectivity index is 1.60. The van der Waals surface area contributed by atoms with E-state index in [4.69, 9.17) is 14.2 Å². The molecule has 1 fully saturated rings. The van der Waals surface area contributed by atoms with Crippen LogP contribution in [0, 0.1) is 0 Å². The average molecular weight is 486 g/mol. The van der Waals surface area contributed by atoms with Crippen molar-refractivity contribution in [2.45, 2.75) is 69.0 Å². The lowest BCUT2D eigenvalue weighted by Gasteiger charge is -2.34. The predicted octanol–water partition coefficient (Wildman–Crippen LogP) is 5.45. The first kappa shape index (κ1) is 24.6. The van der Waals surface area contributed by atoms with Crippen LogP contribution >= 0.6 is 0 Å². The van der Waals surface area contributed by atoms with Crippen LogP contribution in [0.15, 0.2) is 47.4 Å². The third-order valence-corrected chi connectivity index (χ3v) is 8.28. The maximum absolute atomic E-state index is 13.5. The molecule has 0 amide bonds. The summed E-state index contributed by atoms with van der Waals surface area (Å²) >= 11 is 0. The van der Waals surface area contributed by atoms with E-state index in [-0.39, 0.29) is 22.4 Å². The number of ether oxygens (including phenoxy) is 3. The minimum absolute atomic E-state index is 0.0381. The minimum atomic E-state index is -3.57. The van der Waals surface area contributed by atoms with Gasteiger partial charge in [0.1, 0.15) is 17.2 Å². The largest absolute Gasteiger partial charge is 0.493 e. The number of methoxy groups -OCH3 is 2. The average Bonchev–Trinajstić information content (AvgIpc) is 2.83. The quantitative estimate of drug-likeness (QED) is 0.495. The maximum atomic E-state index is 13.5. The molecule has 184 valence electrons. The fourth-order valence-corrected chi connectivity index (χ4v) is 6.24. The number of fused-ring (bicyclic) bond motifs is 1. The van der Waals surface area contributed by atoms with Crippen LogP contribution in [0.1, 0.15) is 57.1 Å². The molecule has 0 atom stereocenters. The summed E-state index contributed by atoms with van der Waals surface area (Å²) in [6.45, 7) is 4.63. The van der Waals surface area contributed by atoms with Crippen LogP contribution in [0.2, 0.25) is 0 Å². The maximum Gasteiger partial charge on any atom is 0.191 e. The Kier molecular flexibility index (Phi) is 7.24. The van der Waals surface area contributed by atoms with Gasteiger partial charge in [-0.15, -0.1) is 0 Å². The van der Waals surface area contributed by atoms with Gasteiger partial charge in [0.15, 0.2) is 21.3 Å². The first-order valence-electron chi connectivity index (χ1n) is 11.9. The van der Waals surface area contributed by atoms with Crippen LogP contribution in [0.4, 0.5) is 0 Å². The van der Waals surface area contributed by atoms with Crippen LogP contribution in [0.3, 0.4) is 0 Å². The summed E-state index contributed by atoms with van der Waals surface area (Å²) < 4.78 is 43.6. The molecule has 6 nitrogen and oxygen atoms in total. The van der Waals surface area contributed by atoms with Gasteiger partial charge in [0, 0.05) is 24.2 Å². The van der Waals surface area contributed by atoms with Gasteiger partial charge in [0.2, 0.25) is 0 Å². The zero-order chi connectivity index (χ0) is 24.3. The van der Waals surface area contributed by atoms with Crippen molar-refractivity contribution >= 4 is 15.9 Å². The molecule has 4 rings (SSSR count). The fraction of sp³-hybridized carbons (Fsp3) is 0.481. The molecular weight excluding hydrogens is 450 g/mol. The zero-order valence-corrected chi connectivity index (χ0v) is 21.4. The lowest BCUT2D eigenvalue weighted by Crippen LogP contribution is -2.39. The second-order valence-corrected chi connectivity index (χ2v) is 11.7. The van der Waals surface area contributed by atoms with E-state index < -0.39 is 9.84 Å². The van der Waals surface area contributed by atoms with Crippen LogP contribution in [0.25, 0.3) is 6.08 Å². The molecule has 1 heterocycles. The number of hydrogen-bond donors (Lipinski definition) is 0. The van der Waals surface area contributed by atoms with E-state index >= 15 is 0 Å². The third kappa shape index (κ3) is 5.58. The van der Waals surface area contributed by atoms with Gasteiger partial charge in [0.25, 0.3) is 0 Å². The van der Waals surface area contributed by atoms with Crippen molar-refractivity contribution in [2.24, 2.45) is 0 Å². The summed E-state index contributed by atoms with van der Waals surface area (Å²) in [5.41, 5.74) is 1.79. The molecule has 0 spiro atoms. The van der Waals surface area contributed by atoms with Gasteiger partial charge in [-0.1, -0.05) is 31.4 Å². The number of sulfone groups is 1. The molecule has 1 aliphatic heterocycles. The van der Waals surface area contributed by atoms with E-state index in [0.29, 0.717) is 18.0 Å². The van der Waals surface area contributed by atoms with Gasteiger partial charge in [-0.05, 0) is 62.6 Å².